The highest BCUT2D eigenvalue weighted by Crippen LogP contribution is 2.36. The van der Waals surface area contributed by atoms with Crippen molar-refractivity contribution < 1.29 is 27.2 Å². The molecule has 36 heavy (non-hydrogen) atoms. The molecular weight excluding hydrogens is 522 g/mol. The Hall–Kier alpha value is -3.77. The lowest BCUT2D eigenvalue weighted by molar-refractivity contribution is -0.137. The van der Waals surface area contributed by atoms with Gasteiger partial charge >= 0.3 is 6.18 Å². The third-order valence-corrected chi connectivity index (χ3v) is 6.25. The number of ketones is 1. The van der Waals surface area contributed by atoms with Crippen molar-refractivity contribution in [3.8, 4) is 11.3 Å². The number of halogens is 5. The molecule has 4 aromatic rings. The Balaban J connectivity index is 1.39. The number of thiazole rings is 1. The Bertz CT molecular complexity index is 1440. The summed E-state index contributed by atoms with van der Waals surface area (Å²) in [7, 11) is 0. The zero-order valence-electron chi connectivity index (χ0n) is 18.0. The van der Waals surface area contributed by atoms with E-state index < -0.39 is 28.6 Å². The van der Waals surface area contributed by atoms with E-state index in [4.69, 9.17) is 11.6 Å². The van der Waals surface area contributed by atoms with E-state index in [0.717, 1.165) is 29.8 Å². The Labute approximate surface area is 210 Å². The molecule has 0 aliphatic carbocycles. The average Bonchev–Trinajstić information content (AvgIpc) is 3.33. The summed E-state index contributed by atoms with van der Waals surface area (Å²) in [6.07, 6.45) is -0.748. The van der Waals surface area contributed by atoms with Crippen LogP contribution in [0.2, 0.25) is 5.02 Å². The lowest BCUT2D eigenvalue weighted by Crippen LogP contribution is -2.12. The van der Waals surface area contributed by atoms with E-state index in [0.29, 0.717) is 5.01 Å². The molecular formula is C23H14ClF4N5O2S. The highest BCUT2D eigenvalue weighted by atomic mass is 35.5. The highest BCUT2D eigenvalue weighted by molar-refractivity contribution is 7.13. The molecule has 0 spiro atoms. The van der Waals surface area contributed by atoms with Crippen LogP contribution in [0.5, 0.6) is 0 Å². The van der Waals surface area contributed by atoms with Crippen molar-refractivity contribution in [2.24, 2.45) is 0 Å². The number of carbonyl (C=O) groups excluding carboxylic acids is 2. The quantitative estimate of drug-likeness (QED) is 0.180. The van der Waals surface area contributed by atoms with E-state index in [1.54, 1.807) is 6.07 Å². The van der Waals surface area contributed by atoms with Gasteiger partial charge < -0.3 is 5.32 Å². The van der Waals surface area contributed by atoms with Crippen molar-refractivity contribution in [1.82, 2.24) is 19.9 Å². The number of anilines is 1. The molecule has 7 nitrogen and oxygen atoms in total. The number of aromatic nitrogens is 4. The summed E-state index contributed by atoms with van der Waals surface area (Å²) in [4.78, 5) is 40.8. The molecule has 0 atom stereocenters. The van der Waals surface area contributed by atoms with Gasteiger partial charge in [0, 0.05) is 24.7 Å². The van der Waals surface area contributed by atoms with Crippen molar-refractivity contribution >= 4 is 40.3 Å². The second-order valence-electron chi connectivity index (χ2n) is 7.32. The van der Waals surface area contributed by atoms with Crippen LogP contribution in [0.15, 0.2) is 55.1 Å². The van der Waals surface area contributed by atoms with Gasteiger partial charge in [-0.3, -0.25) is 9.59 Å². The molecule has 1 amide bonds. The highest BCUT2D eigenvalue weighted by Gasteiger charge is 2.33. The third-order valence-electron chi connectivity index (χ3n) is 4.86. The number of nitrogens with zero attached hydrogens (tertiary/aromatic N) is 4. The average molecular weight is 536 g/mol. The van der Waals surface area contributed by atoms with Crippen molar-refractivity contribution in [2.75, 3.05) is 5.32 Å². The summed E-state index contributed by atoms with van der Waals surface area (Å²) in [5.74, 6) is -1.72. The number of alkyl halides is 3. The van der Waals surface area contributed by atoms with E-state index in [9.17, 15) is 27.2 Å². The van der Waals surface area contributed by atoms with Crippen LogP contribution in [-0.2, 0) is 12.6 Å². The maximum Gasteiger partial charge on any atom is 0.417 e. The fourth-order valence-corrected chi connectivity index (χ4v) is 4.16. The zero-order valence-corrected chi connectivity index (χ0v) is 19.6. The van der Waals surface area contributed by atoms with Gasteiger partial charge in [-0.2, -0.15) is 17.6 Å². The number of hydrogen-bond donors (Lipinski definition) is 1. The van der Waals surface area contributed by atoms with Gasteiger partial charge in [-0.15, -0.1) is 11.3 Å². The minimum Gasteiger partial charge on any atom is -0.321 e. The van der Waals surface area contributed by atoms with Crippen molar-refractivity contribution in [3.05, 3.63) is 87.2 Å². The van der Waals surface area contributed by atoms with Crippen molar-refractivity contribution in [1.29, 1.82) is 0 Å². The van der Waals surface area contributed by atoms with Crippen molar-refractivity contribution in [3.63, 3.8) is 0 Å². The van der Waals surface area contributed by atoms with Crippen LogP contribution < -0.4 is 5.32 Å². The lowest BCUT2D eigenvalue weighted by atomic mass is 10.1. The molecule has 0 radical (unpaired) electrons. The zero-order chi connectivity index (χ0) is 25.9. The molecule has 0 bridgehead atoms. The van der Waals surface area contributed by atoms with E-state index in [1.807, 2.05) is 0 Å². The summed E-state index contributed by atoms with van der Waals surface area (Å²) in [6.45, 7) is 0. The topological polar surface area (TPSA) is 97.7 Å². The van der Waals surface area contributed by atoms with Gasteiger partial charge in [0.15, 0.2) is 5.78 Å². The standard InChI is InChI=1S/C23H14ClF4N5O2S/c24-15-4-3-12(8-14(15)23(26,27)28)33-22(35)19-10-30-20(36-19)6-5-18(34)17-9-16(31-11-32-17)13-2-1-7-29-21(13)25/h1-4,7-11H,5-6H2,(H,33,35). The number of carbonyl (C=O) groups is 2. The molecule has 3 heterocycles. The van der Waals surface area contributed by atoms with Gasteiger partial charge in [0.2, 0.25) is 5.95 Å². The number of nitrogens with one attached hydrogen (secondary N) is 1. The van der Waals surface area contributed by atoms with Gasteiger partial charge in [-0.25, -0.2) is 19.9 Å². The van der Waals surface area contributed by atoms with E-state index >= 15 is 0 Å². The Morgan fingerprint density at radius 2 is 1.86 bits per heavy atom. The maximum atomic E-state index is 13.9. The van der Waals surface area contributed by atoms with Crippen LogP contribution in [0.3, 0.4) is 0 Å². The van der Waals surface area contributed by atoms with Crippen LogP contribution in [-0.4, -0.2) is 31.6 Å². The first-order valence-corrected chi connectivity index (χ1v) is 11.4. The number of hydrogen-bond acceptors (Lipinski definition) is 7. The molecule has 1 aromatic carbocycles. The summed E-state index contributed by atoms with van der Waals surface area (Å²) in [5, 5.41) is 2.37. The second kappa shape index (κ2) is 10.5. The van der Waals surface area contributed by atoms with Gasteiger partial charge in [-0.05, 0) is 36.4 Å². The SMILES string of the molecule is O=C(CCc1ncc(C(=O)Nc2ccc(Cl)c(C(F)(F)F)c2)s1)c1cc(-c2cccnc2F)ncn1. The van der Waals surface area contributed by atoms with E-state index in [2.05, 4.69) is 25.3 Å². The number of benzene rings is 1. The van der Waals surface area contributed by atoms with Crippen LogP contribution in [0.25, 0.3) is 11.3 Å². The molecule has 0 aliphatic heterocycles. The van der Waals surface area contributed by atoms with E-state index in [1.165, 1.54) is 30.6 Å². The van der Waals surface area contributed by atoms with E-state index in [-0.39, 0.29) is 46.1 Å². The molecule has 0 unspecified atom stereocenters. The molecule has 184 valence electrons. The summed E-state index contributed by atoms with van der Waals surface area (Å²) < 4.78 is 53.0. The molecule has 4 rings (SSSR count). The number of pyridine rings is 1. The van der Waals surface area contributed by atoms with Crippen LogP contribution in [0.1, 0.15) is 37.2 Å². The first-order chi connectivity index (χ1) is 17.1. The summed E-state index contributed by atoms with van der Waals surface area (Å²) in [6, 6.07) is 7.43. The summed E-state index contributed by atoms with van der Waals surface area (Å²) in [5.41, 5.74) is -0.715. The first-order valence-electron chi connectivity index (χ1n) is 10.2. The Kier molecular flexibility index (Phi) is 7.36. The van der Waals surface area contributed by atoms with Crippen LogP contribution >= 0.6 is 22.9 Å². The molecule has 0 saturated carbocycles. The first kappa shape index (κ1) is 25.3. The van der Waals surface area contributed by atoms with Gasteiger partial charge in [0.05, 0.1) is 33.0 Å². The third kappa shape index (κ3) is 5.89. The minimum atomic E-state index is -4.67. The maximum absolute atomic E-state index is 13.9. The predicted molar refractivity (Wildman–Crippen MR) is 124 cm³/mol. The fraction of sp³-hybridized carbons (Fsp3) is 0.130. The Morgan fingerprint density at radius 1 is 1.06 bits per heavy atom. The molecule has 3 aromatic heterocycles. The second-order valence-corrected chi connectivity index (χ2v) is 8.84. The normalized spacial score (nSPS) is 11.4. The smallest absolute Gasteiger partial charge is 0.321 e. The number of rotatable bonds is 7. The molecule has 1 N–H and O–H groups in total. The fourth-order valence-electron chi connectivity index (χ4n) is 3.13. The van der Waals surface area contributed by atoms with Crippen molar-refractivity contribution in [2.45, 2.75) is 19.0 Å². The summed E-state index contributed by atoms with van der Waals surface area (Å²) >= 11 is 6.59. The van der Waals surface area contributed by atoms with Crippen LogP contribution in [0, 0.1) is 5.95 Å². The van der Waals surface area contributed by atoms with Crippen LogP contribution in [0.4, 0.5) is 23.2 Å². The molecule has 0 fully saturated rings. The predicted octanol–water partition coefficient (Wildman–Crippen LogP) is 5.87. The largest absolute Gasteiger partial charge is 0.417 e. The Morgan fingerprint density at radius 3 is 2.61 bits per heavy atom. The molecule has 0 saturated heterocycles. The molecule has 0 aliphatic rings. The number of amides is 1. The van der Waals surface area contributed by atoms with Gasteiger partial charge in [0.1, 0.15) is 16.9 Å². The van der Waals surface area contributed by atoms with Gasteiger partial charge in [0.25, 0.3) is 5.91 Å². The molecule has 13 heteroatoms. The number of aryl methyl sites for hydroxylation is 1. The number of Topliss-reactive ketones (excluding diaryl/α,β-unsaturated/α-hetero) is 1. The monoisotopic (exact) mass is 535 g/mol. The minimum absolute atomic E-state index is 0.00662. The lowest BCUT2D eigenvalue weighted by Gasteiger charge is -2.11. The van der Waals surface area contributed by atoms with Gasteiger partial charge in [-0.1, -0.05) is 11.6 Å².